The van der Waals surface area contributed by atoms with Gasteiger partial charge < -0.3 is 9.84 Å². The van der Waals surface area contributed by atoms with E-state index in [1.807, 2.05) is 42.6 Å². The lowest BCUT2D eigenvalue weighted by atomic mass is 10.0. The lowest BCUT2D eigenvalue weighted by Gasteiger charge is -2.14. The zero-order valence-electron chi connectivity index (χ0n) is 16.1. The summed E-state index contributed by atoms with van der Waals surface area (Å²) in [5, 5.41) is 21.4. The Kier molecular flexibility index (Phi) is 5.56. The van der Waals surface area contributed by atoms with Gasteiger partial charge in [0.05, 0.1) is 17.5 Å². The lowest BCUT2D eigenvalue weighted by Crippen LogP contribution is -2.00. The number of halogens is 1. The molecular formula is C22H20ClN3O2S. The number of benzene rings is 2. The van der Waals surface area contributed by atoms with Crippen molar-refractivity contribution >= 4 is 22.9 Å². The monoisotopic (exact) mass is 425 g/mol. The van der Waals surface area contributed by atoms with E-state index in [9.17, 15) is 5.11 Å². The van der Waals surface area contributed by atoms with Crippen molar-refractivity contribution in [1.82, 2.24) is 15.2 Å². The molecule has 0 amide bonds. The summed E-state index contributed by atoms with van der Waals surface area (Å²) in [4.78, 5) is 4.54. The molecule has 148 valence electrons. The van der Waals surface area contributed by atoms with E-state index in [1.54, 1.807) is 23.6 Å². The molecule has 29 heavy (non-hydrogen) atoms. The number of hydrogen-bond acceptors (Lipinski definition) is 5. The topological polar surface area (TPSA) is 71.0 Å². The first kappa shape index (κ1) is 19.5. The number of aromatic nitrogens is 3. The summed E-state index contributed by atoms with van der Waals surface area (Å²) in [6.45, 7) is 4.34. The Morgan fingerprint density at radius 1 is 1.17 bits per heavy atom. The molecule has 5 nitrogen and oxygen atoms in total. The van der Waals surface area contributed by atoms with Crippen LogP contribution in [0.4, 0.5) is 0 Å². The minimum Gasteiger partial charge on any atom is -0.507 e. The first-order valence-corrected chi connectivity index (χ1v) is 10.5. The molecule has 0 spiro atoms. The van der Waals surface area contributed by atoms with Gasteiger partial charge in [0.25, 0.3) is 0 Å². The van der Waals surface area contributed by atoms with Crippen LogP contribution >= 0.6 is 22.9 Å². The summed E-state index contributed by atoms with van der Waals surface area (Å²) in [5.74, 6) is 0.759. The smallest absolute Gasteiger partial charge is 0.128 e. The quantitative estimate of drug-likeness (QED) is 0.397. The fraction of sp³-hybridized carbons (Fsp3) is 0.182. The molecule has 4 rings (SSSR count). The second kappa shape index (κ2) is 8.27. The minimum absolute atomic E-state index is 0.120. The second-order valence-corrected chi connectivity index (χ2v) is 7.93. The van der Waals surface area contributed by atoms with Gasteiger partial charge in [0, 0.05) is 33.3 Å². The van der Waals surface area contributed by atoms with E-state index < -0.39 is 0 Å². The van der Waals surface area contributed by atoms with Crippen LogP contribution in [0.5, 0.6) is 11.5 Å². The summed E-state index contributed by atoms with van der Waals surface area (Å²) in [6.07, 6.45) is 2.49. The third-order valence-electron chi connectivity index (χ3n) is 4.66. The Hall–Kier alpha value is -2.83. The van der Waals surface area contributed by atoms with Gasteiger partial charge in [-0.05, 0) is 31.0 Å². The molecule has 2 heterocycles. The molecule has 0 aliphatic rings. The van der Waals surface area contributed by atoms with Crippen molar-refractivity contribution in [3.05, 3.63) is 69.8 Å². The Labute approximate surface area is 178 Å². The first-order chi connectivity index (χ1) is 14.1. The number of phenolic OH excluding ortho intramolecular Hbond substituents is 1. The number of rotatable bonds is 6. The fourth-order valence-corrected chi connectivity index (χ4v) is 4.13. The van der Waals surface area contributed by atoms with Gasteiger partial charge in [0.2, 0.25) is 0 Å². The van der Waals surface area contributed by atoms with E-state index in [0.717, 1.165) is 39.5 Å². The number of aryl methyl sites for hydroxylation is 2. The summed E-state index contributed by atoms with van der Waals surface area (Å²) < 4.78 is 5.99. The highest BCUT2D eigenvalue weighted by Crippen LogP contribution is 2.40. The molecule has 7 heteroatoms. The summed E-state index contributed by atoms with van der Waals surface area (Å²) in [5.41, 5.74) is 5.12. The van der Waals surface area contributed by atoms with Gasteiger partial charge in [-0.25, -0.2) is 4.98 Å². The maximum absolute atomic E-state index is 10.7. The molecule has 0 bridgehead atoms. The standard InChI is InChI=1S/C22H20ClN3O2S/c1-3-14-8-16(21-17(10-24-26-21)22-25-13(2)12-29-22)19(27)9-20(14)28-11-15-6-4-5-7-18(15)23/h4-10,12,27H,3,11H2,1-2H3,(H,24,26). The van der Waals surface area contributed by atoms with Crippen LogP contribution < -0.4 is 4.74 Å². The van der Waals surface area contributed by atoms with Crippen LogP contribution in [-0.2, 0) is 13.0 Å². The first-order valence-electron chi connectivity index (χ1n) is 9.25. The van der Waals surface area contributed by atoms with E-state index in [-0.39, 0.29) is 5.75 Å². The highest BCUT2D eigenvalue weighted by atomic mass is 35.5. The SMILES string of the molecule is CCc1cc(-c2[nH]ncc2-c2nc(C)cs2)c(O)cc1OCc1ccccc1Cl. The highest BCUT2D eigenvalue weighted by molar-refractivity contribution is 7.13. The Balaban J connectivity index is 1.67. The van der Waals surface area contributed by atoms with Gasteiger partial charge in [-0.3, -0.25) is 5.10 Å². The maximum Gasteiger partial charge on any atom is 0.128 e. The van der Waals surface area contributed by atoms with E-state index in [0.29, 0.717) is 22.9 Å². The van der Waals surface area contributed by atoms with Crippen molar-refractivity contribution in [2.45, 2.75) is 26.9 Å². The van der Waals surface area contributed by atoms with E-state index in [1.165, 1.54) is 0 Å². The molecule has 0 saturated heterocycles. The van der Waals surface area contributed by atoms with Crippen molar-refractivity contribution in [2.75, 3.05) is 0 Å². The van der Waals surface area contributed by atoms with Gasteiger partial charge in [0.15, 0.2) is 0 Å². The summed E-state index contributed by atoms with van der Waals surface area (Å²) in [6, 6.07) is 11.2. The van der Waals surface area contributed by atoms with Gasteiger partial charge in [-0.15, -0.1) is 11.3 Å². The predicted molar refractivity (Wildman–Crippen MR) is 117 cm³/mol. The van der Waals surface area contributed by atoms with Crippen molar-refractivity contribution < 1.29 is 9.84 Å². The van der Waals surface area contributed by atoms with Gasteiger partial charge in [0.1, 0.15) is 23.1 Å². The number of thiazole rings is 1. The molecule has 4 aromatic rings. The molecule has 0 radical (unpaired) electrons. The normalized spacial score (nSPS) is 11.0. The molecule has 0 aliphatic carbocycles. The molecule has 2 aromatic carbocycles. The maximum atomic E-state index is 10.7. The van der Waals surface area contributed by atoms with Crippen LogP contribution in [0.25, 0.3) is 21.8 Å². The van der Waals surface area contributed by atoms with Crippen molar-refractivity contribution in [1.29, 1.82) is 0 Å². The molecule has 2 aromatic heterocycles. The third-order valence-corrected chi connectivity index (χ3v) is 6.02. The number of H-pyrrole nitrogens is 1. The summed E-state index contributed by atoms with van der Waals surface area (Å²) in [7, 11) is 0. The third kappa shape index (κ3) is 3.99. The van der Waals surface area contributed by atoms with Crippen LogP contribution in [0.15, 0.2) is 48.0 Å². The largest absolute Gasteiger partial charge is 0.507 e. The number of ether oxygens (including phenoxy) is 1. The minimum atomic E-state index is 0.120. The molecular weight excluding hydrogens is 406 g/mol. The predicted octanol–water partition coefficient (Wildman–Crippen LogP) is 6.01. The highest BCUT2D eigenvalue weighted by Gasteiger charge is 2.18. The number of nitrogens with one attached hydrogen (secondary N) is 1. The number of nitrogens with zero attached hydrogens (tertiary/aromatic N) is 2. The molecule has 0 aliphatic heterocycles. The zero-order valence-corrected chi connectivity index (χ0v) is 17.6. The van der Waals surface area contributed by atoms with Crippen LogP contribution in [0.1, 0.15) is 23.7 Å². The van der Waals surface area contributed by atoms with Crippen LogP contribution in [-0.4, -0.2) is 20.3 Å². The average molecular weight is 426 g/mol. The van der Waals surface area contributed by atoms with Crippen LogP contribution in [0.3, 0.4) is 0 Å². The van der Waals surface area contributed by atoms with Gasteiger partial charge in [-0.1, -0.05) is 36.7 Å². The van der Waals surface area contributed by atoms with E-state index in [2.05, 4.69) is 22.1 Å². The summed E-state index contributed by atoms with van der Waals surface area (Å²) >= 11 is 7.77. The Morgan fingerprint density at radius 2 is 2.00 bits per heavy atom. The van der Waals surface area contributed by atoms with Gasteiger partial charge >= 0.3 is 0 Å². The van der Waals surface area contributed by atoms with Crippen molar-refractivity contribution in [2.24, 2.45) is 0 Å². The molecule has 2 N–H and O–H groups in total. The Bertz CT molecular complexity index is 1150. The Morgan fingerprint density at radius 3 is 2.72 bits per heavy atom. The van der Waals surface area contributed by atoms with E-state index in [4.69, 9.17) is 16.3 Å². The molecule has 0 saturated carbocycles. The zero-order chi connectivity index (χ0) is 20.4. The molecule has 0 unspecified atom stereocenters. The van der Waals surface area contributed by atoms with Crippen LogP contribution in [0, 0.1) is 6.92 Å². The number of aromatic amines is 1. The van der Waals surface area contributed by atoms with Gasteiger partial charge in [-0.2, -0.15) is 5.10 Å². The molecule has 0 atom stereocenters. The molecule has 0 fully saturated rings. The van der Waals surface area contributed by atoms with E-state index >= 15 is 0 Å². The fourth-order valence-electron chi connectivity index (χ4n) is 3.13. The number of aromatic hydroxyl groups is 1. The number of phenols is 1. The van der Waals surface area contributed by atoms with Crippen molar-refractivity contribution in [3.63, 3.8) is 0 Å². The van der Waals surface area contributed by atoms with Crippen LogP contribution in [0.2, 0.25) is 5.02 Å². The van der Waals surface area contributed by atoms with Crippen molar-refractivity contribution in [3.8, 4) is 33.3 Å². The average Bonchev–Trinajstić information content (AvgIpc) is 3.36. The lowest BCUT2D eigenvalue weighted by molar-refractivity contribution is 0.301. The number of hydrogen-bond donors (Lipinski definition) is 2. The second-order valence-electron chi connectivity index (χ2n) is 6.66.